The van der Waals surface area contributed by atoms with E-state index in [1.807, 2.05) is 18.5 Å². The van der Waals surface area contributed by atoms with Gasteiger partial charge in [0.15, 0.2) is 0 Å². The fraction of sp³-hybridized carbons (Fsp3) is 0.706. The fourth-order valence-electron chi connectivity index (χ4n) is 2.21. The monoisotopic (exact) mass is 277 g/mol. The summed E-state index contributed by atoms with van der Waals surface area (Å²) in [5, 5.41) is 3.54. The smallest absolute Gasteiger partial charge is 0.0312 e. The molecular formula is C17H31N3. The van der Waals surface area contributed by atoms with Gasteiger partial charge in [0.05, 0.1) is 0 Å². The van der Waals surface area contributed by atoms with E-state index in [0.29, 0.717) is 0 Å². The second-order valence-corrected chi connectivity index (χ2v) is 6.69. The molecule has 114 valence electrons. The first kappa shape index (κ1) is 17.1. The van der Waals surface area contributed by atoms with E-state index in [1.54, 1.807) is 0 Å². The Labute approximate surface area is 124 Å². The van der Waals surface area contributed by atoms with Gasteiger partial charge in [-0.25, -0.2) is 0 Å². The van der Waals surface area contributed by atoms with Crippen molar-refractivity contribution >= 4 is 0 Å². The van der Waals surface area contributed by atoms with Crippen molar-refractivity contribution in [3.63, 3.8) is 0 Å². The lowest BCUT2D eigenvalue weighted by atomic mass is 10.1. The van der Waals surface area contributed by atoms with Crippen molar-refractivity contribution in [2.24, 2.45) is 0 Å². The van der Waals surface area contributed by atoms with E-state index < -0.39 is 0 Å². The number of unbranched alkanes of at least 4 members (excludes halogenated alkanes) is 3. The van der Waals surface area contributed by atoms with Crippen molar-refractivity contribution in [2.75, 3.05) is 20.1 Å². The van der Waals surface area contributed by atoms with Gasteiger partial charge >= 0.3 is 0 Å². The van der Waals surface area contributed by atoms with Crippen LogP contribution in [0.15, 0.2) is 24.5 Å². The molecule has 0 radical (unpaired) electrons. The molecule has 0 spiro atoms. The fourth-order valence-corrected chi connectivity index (χ4v) is 2.21. The van der Waals surface area contributed by atoms with E-state index in [1.165, 1.54) is 37.8 Å². The van der Waals surface area contributed by atoms with Crippen molar-refractivity contribution in [3.05, 3.63) is 30.1 Å². The van der Waals surface area contributed by atoms with Crippen LogP contribution in [0.5, 0.6) is 0 Å². The van der Waals surface area contributed by atoms with Crippen LogP contribution in [-0.2, 0) is 6.54 Å². The maximum atomic E-state index is 4.15. The first-order valence-corrected chi connectivity index (χ1v) is 7.80. The Bertz CT molecular complexity index is 343. The number of hydrogen-bond acceptors (Lipinski definition) is 3. The minimum atomic E-state index is 0.254. The zero-order valence-corrected chi connectivity index (χ0v) is 13.7. The molecule has 3 nitrogen and oxygen atoms in total. The molecule has 1 aromatic rings. The van der Waals surface area contributed by atoms with Gasteiger partial charge < -0.3 is 10.2 Å². The molecule has 0 unspecified atom stereocenters. The second-order valence-electron chi connectivity index (χ2n) is 6.69. The molecular weight excluding hydrogens is 246 g/mol. The number of nitrogens with zero attached hydrogens (tertiary/aromatic N) is 2. The summed E-state index contributed by atoms with van der Waals surface area (Å²) in [5.41, 5.74) is 1.55. The molecule has 0 aliphatic rings. The summed E-state index contributed by atoms with van der Waals surface area (Å²) in [6, 6.07) is 4.15. The second kappa shape index (κ2) is 9.09. The lowest BCUT2D eigenvalue weighted by molar-refractivity contribution is 0.315. The average Bonchev–Trinajstić information content (AvgIpc) is 2.37. The van der Waals surface area contributed by atoms with Crippen molar-refractivity contribution in [1.82, 2.24) is 15.2 Å². The highest BCUT2D eigenvalue weighted by Crippen LogP contribution is 2.05. The maximum absolute atomic E-state index is 4.15. The molecule has 1 rings (SSSR count). The average molecular weight is 277 g/mol. The molecule has 0 saturated carbocycles. The highest BCUT2D eigenvalue weighted by molar-refractivity contribution is 5.07. The van der Waals surface area contributed by atoms with Gasteiger partial charge in [-0.2, -0.15) is 0 Å². The number of rotatable bonds is 9. The summed E-state index contributed by atoms with van der Waals surface area (Å²) < 4.78 is 0. The van der Waals surface area contributed by atoms with Crippen LogP contribution in [0, 0.1) is 0 Å². The van der Waals surface area contributed by atoms with Crippen molar-refractivity contribution in [2.45, 2.75) is 58.5 Å². The van der Waals surface area contributed by atoms with Gasteiger partial charge in [-0.1, -0.05) is 18.9 Å². The topological polar surface area (TPSA) is 28.2 Å². The quantitative estimate of drug-likeness (QED) is 0.701. The molecule has 1 heterocycles. The van der Waals surface area contributed by atoms with Crippen LogP contribution in [0.1, 0.15) is 52.0 Å². The number of hydrogen-bond donors (Lipinski definition) is 1. The van der Waals surface area contributed by atoms with E-state index in [9.17, 15) is 0 Å². The number of nitrogens with one attached hydrogen (secondary N) is 1. The van der Waals surface area contributed by atoms with E-state index >= 15 is 0 Å². The van der Waals surface area contributed by atoms with Crippen LogP contribution in [-0.4, -0.2) is 35.6 Å². The summed E-state index contributed by atoms with van der Waals surface area (Å²) in [5.74, 6) is 0. The van der Waals surface area contributed by atoms with Crippen LogP contribution in [0.2, 0.25) is 0 Å². The predicted octanol–water partition coefficient (Wildman–Crippen LogP) is 3.46. The summed E-state index contributed by atoms with van der Waals surface area (Å²) in [4.78, 5) is 6.53. The Morgan fingerprint density at radius 2 is 1.90 bits per heavy atom. The first-order valence-electron chi connectivity index (χ1n) is 7.80. The molecule has 0 aromatic carbocycles. The molecule has 1 N–H and O–H groups in total. The molecule has 0 atom stereocenters. The van der Waals surface area contributed by atoms with E-state index in [-0.39, 0.29) is 5.54 Å². The van der Waals surface area contributed by atoms with Crippen molar-refractivity contribution < 1.29 is 0 Å². The SMILES string of the molecule is CN(CCCCCCNC(C)(C)C)Cc1cccnc1. The van der Waals surface area contributed by atoms with Crippen LogP contribution in [0.3, 0.4) is 0 Å². The third kappa shape index (κ3) is 9.05. The Morgan fingerprint density at radius 3 is 2.55 bits per heavy atom. The lowest BCUT2D eigenvalue weighted by Gasteiger charge is -2.20. The normalized spacial score (nSPS) is 12.1. The minimum absolute atomic E-state index is 0.254. The third-order valence-corrected chi connectivity index (χ3v) is 3.30. The van der Waals surface area contributed by atoms with Crippen molar-refractivity contribution in [3.8, 4) is 0 Å². The van der Waals surface area contributed by atoms with E-state index in [4.69, 9.17) is 0 Å². The van der Waals surface area contributed by atoms with Gasteiger partial charge in [0.25, 0.3) is 0 Å². The third-order valence-electron chi connectivity index (χ3n) is 3.30. The highest BCUT2D eigenvalue weighted by Gasteiger charge is 2.06. The molecule has 1 aromatic heterocycles. The Morgan fingerprint density at radius 1 is 1.15 bits per heavy atom. The summed E-state index contributed by atoms with van der Waals surface area (Å²) in [6.07, 6.45) is 8.99. The molecule has 3 heteroatoms. The van der Waals surface area contributed by atoms with E-state index in [0.717, 1.165) is 13.1 Å². The van der Waals surface area contributed by atoms with Gasteiger partial charge in [-0.15, -0.1) is 0 Å². The first-order chi connectivity index (χ1) is 9.47. The van der Waals surface area contributed by atoms with Crippen LogP contribution in [0.25, 0.3) is 0 Å². The van der Waals surface area contributed by atoms with Crippen molar-refractivity contribution in [1.29, 1.82) is 0 Å². The van der Waals surface area contributed by atoms with Crippen LogP contribution < -0.4 is 5.32 Å². The molecule has 0 saturated heterocycles. The van der Waals surface area contributed by atoms with Gasteiger partial charge in [-0.3, -0.25) is 4.98 Å². The lowest BCUT2D eigenvalue weighted by Crippen LogP contribution is -2.36. The van der Waals surface area contributed by atoms with Crippen LogP contribution >= 0.6 is 0 Å². The number of aromatic nitrogens is 1. The van der Waals surface area contributed by atoms with Gasteiger partial charge in [-0.05, 0) is 65.4 Å². The maximum Gasteiger partial charge on any atom is 0.0312 e. The Kier molecular flexibility index (Phi) is 7.78. The molecule has 0 bridgehead atoms. The predicted molar refractivity (Wildman–Crippen MR) is 86.8 cm³/mol. The Balaban J connectivity index is 1.98. The minimum Gasteiger partial charge on any atom is -0.312 e. The zero-order chi connectivity index (χ0) is 14.8. The molecule has 0 fully saturated rings. The summed E-state index contributed by atoms with van der Waals surface area (Å²) in [6.45, 7) is 9.97. The molecule has 20 heavy (non-hydrogen) atoms. The molecule has 0 aliphatic heterocycles. The summed E-state index contributed by atoms with van der Waals surface area (Å²) in [7, 11) is 2.19. The van der Waals surface area contributed by atoms with Gasteiger partial charge in [0.1, 0.15) is 0 Å². The van der Waals surface area contributed by atoms with E-state index in [2.05, 4.69) is 49.1 Å². The largest absolute Gasteiger partial charge is 0.312 e. The van der Waals surface area contributed by atoms with Crippen LogP contribution in [0.4, 0.5) is 0 Å². The standard InChI is InChI=1S/C17H31N3/c1-17(2,3)19-12-7-5-6-8-13-20(4)15-16-10-9-11-18-14-16/h9-11,14,19H,5-8,12-13,15H2,1-4H3. The summed E-state index contributed by atoms with van der Waals surface area (Å²) >= 11 is 0. The van der Waals surface area contributed by atoms with Gasteiger partial charge in [0.2, 0.25) is 0 Å². The zero-order valence-electron chi connectivity index (χ0n) is 13.7. The number of pyridine rings is 1. The van der Waals surface area contributed by atoms with Gasteiger partial charge in [0, 0.05) is 24.5 Å². The highest BCUT2D eigenvalue weighted by atomic mass is 15.1. The molecule has 0 aliphatic carbocycles. The molecule has 0 amide bonds. The Hall–Kier alpha value is -0.930.